The number of nitrogens with zero attached hydrogens (tertiary/aromatic N) is 1. The summed E-state index contributed by atoms with van der Waals surface area (Å²) in [7, 11) is 0. The number of quaternary nitrogens is 1. The lowest BCUT2D eigenvalue weighted by Gasteiger charge is -2.43. The number of likely N-dealkylation sites (N-methyl/N-ethyl adjacent to an activating group) is 1. The normalized spacial score (nSPS) is 14.2. The van der Waals surface area contributed by atoms with Crippen molar-refractivity contribution in [1.82, 2.24) is 0 Å². The Morgan fingerprint density at radius 2 is 1.54 bits per heavy atom. The van der Waals surface area contributed by atoms with Crippen molar-refractivity contribution in [2.45, 2.75) is 40.2 Å². The van der Waals surface area contributed by atoms with Gasteiger partial charge in [-0.25, -0.2) is 0 Å². The first-order valence-electron chi connectivity index (χ1n) is 5.14. The molecule has 0 aliphatic heterocycles. The van der Waals surface area contributed by atoms with Gasteiger partial charge in [0.15, 0.2) is 0 Å². The van der Waals surface area contributed by atoms with Crippen molar-refractivity contribution in [3.63, 3.8) is 0 Å². The van der Waals surface area contributed by atoms with Gasteiger partial charge in [0, 0.05) is 6.42 Å². The number of rotatable bonds is 6. The third-order valence-electron chi connectivity index (χ3n) is 3.21. The van der Waals surface area contributed by atoms with Crippen LogP contribution in [0.5, 0.6) is 0 Å². The molecule has 0 aromatic carbocycles. The Labute approximate surface area is 80.9 Å². The fourth-order valence-electron chi connectivity index (χ4n) is 2.11. The summed E-state index contributed by atoms with van der Waals surface area (Å²) in [5.74, 6) is -0.909. The van der Waals surface area contributed by atoms with Crippen LogP contribution in [-0.4, -0.2) is 36.1 Å². The topological polar surface area (TPSA) is 40.1 Å². The van der Waals surface area contributed by atoms with E-state index in [2.05, 4.69) is 0 Å². The molecule has 0 radical (unpaired) electrons. The lowest BCUT2D eigenvalue weighted by Crippen LogP contribution is -2.61. The predicted octanol–water partition coefficient (Wildman–Crippen LogP) is 0.391. The van der Waals surface area contributed by atoms with Crippen molar-refractivity contribution in [3.05, 3.63) is 0 Å². The fourth-order valence-corrected chi connectivity index (χ4v) is 2.11. The second-order valence-electron chi connectivity index (χ2n) is 3.41. The molecule has 0 aliphatic carbocycles. The minimum atomic E-state index is -0.909. The number of carboxylic acids is 1. The van der Waals surface area contributed by atoms with E-state index in [4.69, 9.17) is 0 Å². The van der Waals surface area contributed by atoms with Gasteiger partial charge in [-0.15, -0.1) is 0 Å². The van der Waals surface area contributed by atoms with Crippen LogP contribution in [0.2, 0.25) is 0 Å². The minimum Gasteiger partial charge on any atom is -0.544 e. The van der Waals surface area contributed by atoms with Gasteiger partial charge in [0.2, 0.25) is 0 Å². The van der Waals surface area contributed by atoms with Gasteiger partial charge in [-0.3, -0.25) is 0 Å². The summed E-state index contributed by atoms with van der Waals surface area (Å²) in [6.45, 7) is 10.6. The minimum absolute atomic E-state index is 0.347. The molecule has 0 saturated carbocycles. The second kappa shape index (κ2) is 5.22. The van der Waals surface area contributed by atoms with Crippen molar-refractivity contribution < 1.29 is 14.4 Å². The van der Waals surface area contributed by atoms with Gasteiger partial charge in [-0.2, -0.15) is 0 Å². The molecular formula is C10H21NO2. The molecular weight excluding hydrogens is 166 g/mol. The van der Waals surface area contributed by atoms with Gasteiger partial charge >= 0.3 is 0 Å². The van der Waals surface area contributed by atoms with Crippen molar-refractivity contribution in [3.8, 4) is 0 Å². The standard InChI is InChI=1S/C10H21NO2/c1-5-9(10(12)13)11(6-2,7-3)8-4/h9H,5-8H2,1-4H3. The number of carboxylic acid groups (broad SMARTS) is 1. The summed E-state index contributed by atoms with van der Waals surface area (Å²) in [5, 5.41) is 10.9. The number of aliphatic carboxylic acids is 1. The third kappa shape index (κ3) is 2.44. The van der Waals surface area contributed by atoms with Gasteiger partial charge in [-0.05, 0) is 20.8 Å². The average Bonchev–Trinajstić information content (AvgIpc) is 2.13. The Kier molecular flexibility index (Phi) is 4.99. The highest BCUT2D eigenvalue weighted by Crippen LogP contribution is 2.15. The molecule has 1 unspecified atom stereocenters. The molecule has 0 saturated heterocycles. The van der Waals surface area contributed by atoms with Crippen LogP contribution in [-0.2, 0) is 4.79 Å². The summed E-state index contributed by atoms with van der Waals surface area (Å²) < 4.78 is 0.638. The van der Waals surface area contributed by atoms with Crippen molar-refractivity contribution >= 4 is 5.97 Å². The molecule has 0 bridgehead atoms. The maximum Gasteiger partial charge on any atom is 0.129 e. The highest BCUT2D eigenvalue weighted by Gasteiger charge is 2.31. The smallest absolute Gasteiger partial charge is 0.129 e. The predicted molar refractivity (Wildman–Crippen MR) is 51.0 cm³/mol. The van der Waals surface area contributed by atoms with Gasteiger partial charge in [0.1, 0.15) is 6.04 Å². The summed E-state index contributed by atoms with van der Waals surface area (Å²) in [5.41, 5.74) is 0. The first-order valence-corrected chi connectivity index (χ1v) is 5.14. The first-order chi connectivity index (χ1) is 6.07. The molecule has 0 rings (SSSR count). The summed E-state index contributed by atoms with van der Waals surface area (Å²) in [4.78, 5) is 10.9. The average molecular weight is 187 g/mol. The van der Waals surface area contributed by atoms with Crippen molar-refractivity contribution in [1.29, 1.82) is 0 Å². The first kappa shape index (κ1) is 12.4. The highest BCUT2D eigenvalue weighted by atomic mass is 16.4. The van der Waals surface area contributed by atoms with E-state index in [1.165, 1.54) is 0 Å². The summed E-state index contributed by atoms with van der Waals surface area (Å²) in [6.07, 6.45) is 0.651. The molecule has 3 heteroatoms. The van der Waals surface area contributed by atoms with Crippen LogP contribution in [0.1, 0.15) is 34.1 Å². The zero-order chi connectivity index (χ0) is 10.5. The van der Waals surface area contributed by atoms with Gasteiger partial charge in [0.05, 0.1) is 25.6 Å². The lowest BCUT2D eigenvalue weighted by atomic mass is 10.1. The van der Waals surface area contributed by atoms with E-state index in [0.29, 0.717) is 10.9 Å². The molecule has 0 N–H and O–H groups in total. The Balaban J connectivity index is 4.76. The third-order valence-corrected chi connectivity index (χ3v) is 3.21. The van der Waals surface area contributed by atoms with Gasteiger partial charge in [0.25, 0.3) is 0 Å². The van der Waals surface area contributed by atoms with Crippen LogP contribution >= 0.6 is 0 Å². The Morgan fingerprint density at radius 1 is 1.15 bits per heavy atom. The molecule has 0 fully saturated rings. The Morgan fingerprint density at radius 3 is 1.62 bits per heavy atom. The number of hydrogen-bond acceptors (Lipinski definition) is 2. The fraction of sp³-hybridized carbons (Fsp3) is 0.900. The van der Waals surface area contributed by atoms with E-state index in [9.17, 15) is 9.90 Å². The van der Waals surface area contributed by atoms with Crippen molar-refractivity contribution in [2.75, 3.05) is 19.6 Å². The number of hydrogen-bond donors (Lipinski definition) is 0. The van der Waals surface area contributed by atoms with Gasteiger partial charge in [-0.1, -0.05) is 6.92 Å². The molecule has 0 heterocycles. The van der Waals surface area contributed by atoms with Crippen LogP contribution in [0.4, 0.5) is 0 Å². The van der Waals surface area contributed by atoms with E-state index in [1.807, 2.05) is 27.7 Å². The Hall–Kier alpha value is -0.570. The number of carbonyl (C=O) groups excluding carboxylic acids is 1. The monoisotopic (exact) mass is 187 g/mol. The maximum absolute atomic E-state index is 10.9. The molecule has 78 valence electrons. The van der Waals surface area contributed by atoms with Crippen LogP contribution in [0.15, 0.2) is 0 Å². The van der Waals surface area contributed by atoms with Crippen LogP contribution in [0, 0.1) is 0 Å². The highest BCUT2D eigenvalue weighted by molar-refractivity contribution is 5.69. The second-order valence-corrected chi connectivity index (χ2v) is 3.41. The van der Waals surface area contributed by atoms with E-state index in [1.54, 1.807) is 0 Å². The molecule has 3 nitrogen and oxygen atoms in total. The zero-order valence-corrected chi connectivity index (χ0v) is 9.17. The molecule has 0 amide bonds. The molecule has 1 atom stereocenters. The summed E-state index contributed by atoms with van der Waals surface area (Å²) in [6, 6.07) is -0.347. The molecule has 0 aromatic heterocycles. The SMILES string of the molecule is CCC(C(=O)[O-])[N+](CC)(CC)CC. The van der Waals surface area contributed by atoms with Crippen LogP contribution < -0.4 is 5.11 Å². The van der Waals surface area contributed by atoms with E-state index < -0.39 is 5.97 Å². The Bertz CT molecular complexity index is 156. The maximum atomic E-state index is 10.9. The molecule has 0 aromatic rings. The van der Waals surface area contributed by atoms with Crippen molar-refractivity contribution in [2.24, 2.45) is 0 Å². The van der Waals surface area contributed by atoms with Crippen LogP contribution in [0.3, 0.4) is 0 Å². The molecule has 13 heavy (non-hydrogen) atoms. The van der Waals surface area contributed by atoms with E-state index in [0.717, 1.165) is 19.6 Å². The van der Waals surface area contributed by atoms with E-state index >= 15 is 0 Å². The molecule has 0 aliphatic rings. The summed E-state index contributed by atoms with van der Waals surface area (Å²) >= 11 is 0. The van der Waals surface area contributed by atoms with Crippen LogP contribution in [0.25, 0.3) is 0 Å². The lowest BCUT2D eigenvalue weighted by molar-refractivity contribution is -0.940. The number of carbonyl (C=O) groups is 1. The van der Waals surface area contributed by atoms with Gasteiger partial charge < -0.3 is 14.4 Å². The molecule has 0 spiro atoms. The zero-order valence-electron chi connectivity index (χ0n) is 9.17. The quantitative estimate of drug-likeness (QED) is 0.564. The van der Waals surface area contributed by atoms with E-state index in [-0.39, 0.29) is 6.04 Å². The largest absolute Gasteiger partial charge is 0.544 e.